The predicted molar refractivity (Wildman–Crippen MR) is 86.6 cm³/mol. The van der Waals surface area contributed by atoms with Gasteiger partial charge in [0.15, 0.2) is 5.82 Å². The monoisotopic (exact) mass is 323 g/mol. The van der Waals surface area contributed by atoms with E-state index < -0.39 is 0 Å². The van der Waals surface area contributed by atoms with Gasteiger partial charge in [0.2, 0.25) is 5.89 Å². The van der Waals surface area contributed by atoms with Crippen LogP contribution in [0.4, 0.5) is 4.39 Å². The zero-order valence-corrected chi connectivity index (χ0v) is 12.6. The molecule has 2 N–H and O–H groups in total. The summed E-state index contributed by atoms with van der Waals surface area (Å²) in [6.45, 7) is 0.226. The molecule has 6 nitrogen and oxygen atoms in total. The molecule has 3 rings (SSSR count). The molecule has 2 aromatic heterocycles. The Balaban J connectivity index is 1.83. The van der Waals surface area contributed by atoms with Crippen LogP contribution in [0.25, 0.3) is 5.70 Å². The van der Waals surface area contributed by atoms with E-state index >= 15 is 0 Å². The number of oxazole rings is 1. The largest absolute Gasteiger partial charge is 0.443 e. The fraction of sp³-hybridized carbons (Fsp3) is 0.0588. The number of hydrogen-bond donors (Lipinski definition) is 2. The van der Waals surface area contributed by atoms with Crippen molar-refractivity contribution in [2.75, 3.05) is 0 Å². The SMILES string of the molecule is N=C(/C=C(\NCc1ccccc1F)c1ncco1)c1ncccn1. The Morgan fingerprint density at radius 1 is 1.12 bits per heavy atom. The van der Waals surface area contributed by atoms with Gasteiger partial charge in [0, 0.05) is 24.5 Å². The number of allylic oxidation sites excluding steroid dienone is 1. The number of halogens is 1. The molecule has 0 fully saturated rings. The zero-order valence-electron chi connectivity index (χ0n) is 12.6. The van der Waals surface area contributed by atoms with Gasteiger partial charge in [-0.25, -0.2) is 19.3 Å². The van der Waals surface area contributed by atoms with E-state index in [4.69, 9.17) is 9.83 Å². The molecule has 0 radical (unpaired) electrons. The first-order valence-electron chi connectivity index (χ1n) is 7.19. The molecule has 0 atom stereocenters. The van der Waals surface area contributed by atoms with Gasteiger partial charge < -0.3 is 9.73 Å². The molecular formula is C17H14FN5O. The molecule has 0 bridgehead atoms. The van der Waals surface area contributed by atoms with E-state index in [0.29, 0.717) is 17.2 Å². The molecule has 0 aliphatic carbocycles. The van der Waals surface area contributed by atoms with E-state index in [1.54, 1.807) is 36.7 Å². The van der Waals surface area contributed by atoms with E-state index in [2.05, 4.69) is 20.3 Å². The van der Waals surface area contributed by atoms with Crippen molar-refractivity contribution in [3.63, 3.8) is 0 Å². The van der Waals surface area contributed by atoms with Crippen LogP contribution in [0.1, 0.15) is 17.3 Å². The number of nitrogens with zero attached hydrogens (tertiary/aromatic N) is 3. The molecule has 7 heteroatoms. The summed E-state index contributed by atoms with van der Waals surface area (Å²) >= 11 is 0. The highest BCUT2D eigenvalue weighted by atomic mass is 19.1. The molecule has 3 aromatic rings. The summed E-state index contributed by atoms with van der Waals surface area (Å²) in [6, 6.07) is 8.14. The van der Waals surface area contributed by atoms with Crippen molar-refractivity contribution >= 4 is 11.4 Å². The maximum Gasteiger partial charge on any atom is 0.242 e. The first kappa shape index (κ1) is 15.5. The summed E-state index contributed by atoms with van der Waals surface area (Å²) in [7, 11) is 0. The minimum Gasteiger partial charge on any atom is -0.443 e. The van der Waals surface area contributed by atoms with Crippen LogP contribution in [-0.2, 0) is 6.54 Å². The molecule has 2 heterocycles. The maximum absolute atomic E-state index is 13.7. The third kappa shape index (κ3) is 3.70. The van der Waals surface area contributed by atoms with Crippen molar-refractivity contribution in [3.05, 3.63) is 84.4 Å². The molecule has 0 unspecified atom stereocenters. The van der Waals surface area contributed by atoms with Gasteiger partial charge in [-0.1, -0.05) is 18.2 Å². The van der Waals surface area contributed by atoms with E-state index in [9.17, 15) is 4.39 Å². The van der Waals surface area contributed by atoms with Gasteiger partial charge >= 0.3 is 0 Å². The molecule has 120 valence electrons. The zero-order chi connectivity index (χ0) is 16.8. The predicted octanol–water partition coefficient (Wildman–Crippen LogP) is 2.80. The Hall–Kier alpha value is -3.35. The van der Waals surface area contributed by atoms with Gasteiger partial charge in [-0.3, -0.25) is 5.41 Å². The van der Waals surface area contributed by atoms with Crippen molar-refractivity contribution in [2.24, 2.45) is 0 Å². The van der Waals surface area contributed by atoms with Crippen molar-refractivity contribution in [1.82, 2.24) is 20.3 Å². The minimum atomic E-state index is -0.307. The Kier molecular flexibility index (Phi) is 4.71. The van der Waals surface area contributed by atoms with Crippen LogP contribution < -0.4 is 5.32 Å². The van der Waals surface area contributed by atoms with Crippen molar-refractivity contribution in [1.29, 1.82) is 5.41 Å². The van der Waals surface area contributed by atoms with Gasteiger partial charge in [-0.05, 0) is 18.2 Å². The topological polar surface area (TPSA) is 87.7 Å². The van der Waals surface area contributed by atoms with Crippen LogP contribution >= 0.6 is 0 Å². The van der Waals surface area contributed by atoms with E-state index in [1.807, 2.05) is 0 Å². The second-order valence-electron chi connectivity index (χ2n) is 4.83. The minimum absolute atomic E-state index is 0.0878. The molecule has 1 aromatic carbocycles. The number of benzene rings is 1. The Bertz CT molecular complexity index is 846. The number of aromatic nitrogens is 3. The molecule has 0 saturated heterocycles. The van der Waals surface area contributed by atoms with E-state index in [0.717, 1.165) is 0 Å². The molecule has 0 saturated carbocycles. The maximum atomic E-state index is 13.7. The lowest BCUT2D eigenvalue weighted by Crippen LogP contribution is -2.15. The summed E-state index contributed by atoms with van der Waals surface area (Å²) < 4.78 is 19.0. The van der Waals surface area contributed by atoms with Crippen LogP contribution in [0.5, 0.6) is 0 Å². The molecule has 0 aliphatic rings. The summed E-state index contributed by atoms with van der Waals surface area (Å²) in [5.74, 6) is 0.263. The van der Waals surface area contributed by atoms with E-state index in [1.165, 1.54) is 24.6 Å². The van der Waals surface area contributed by atoms with Gasteiger partial charge in [-0.2, -0.15) is 0 Å². The Labute approximate surface area is 137 Å². The van der Waals surface area contributed by atoms with E-state index in [-0.39, 0.29) is 23.9 Å². The smallest absolute Gasteiger partial charge is 0.242 e. The molecular weight excluding hydrogens is 309 g/mol. The van der Waals surface area contributed by atoms with Crippen LogP contribution in [0, 0.1) is 11.2 Å². The average Bonchev–Trinajstić information content (AvgIpc) is 3.15. The quantitative estimate of drug-likeness (QED) is 0.681. The van der Waals surface area contributed by atoms with Crippen LogP contribution in [0.3, 0.4) is 0 Å². The van der Waals surface area contributed by atoms with Crippen molar-refractivity contribution in [3.8, 4) is 0 Å². The Morgan fingerprint density at radius 2 is 1.92 bits per heavy atom. The van der Waals surface area contributed by atoms with Gasteiger partial charge in [-0.15, -0.1) is 0 Å². The third-order valence-electron chi connectivity index (χ3n) is 3.19. The normalized spacial score (nSPS) is 11.3. The summed E-state index contributed by atoms with van der Waals surface area (Å²) in [5.41, 5.74) is 1.03. The molecule has 0 aliphatic heterocycles. The third-order valence-corrected chi connectivity index (χ3v) is 3.19. The molecule has 0 spiro atoms. The van der Waals surface area contributed by atoms with Crippen molar-refractivity contribution in [2.45, 2.75) is 6.54 Å². The van der Waals surface area contributed by atoms with Gasteiger partial charge in [0.1, 0.15) is 23.5 Å². The van der Waals surface area contributed by atoms with Gasteiger partial charge in [0.25, 0.3) is 0 Å². The average molecular weight is 323 g/mol. The number of nitrogens with one attached hydrogen (secondary N) is 2. The number of hydrogen-bond acceptors (Lipinski definition) is 6. The number of rotatable bonds is 6. The van der Waals surface area contributed by atoms with Crippen LogP contribution in [-0.4, -0.2) is 20.7 Å². The second kappa shape index (κ2) is 7.28. The van der Waals surface area contributed by atoms with Crippen LogP contribution in [0.2, 0.25) is 0 Å². The lowest BCUT2D eigenvalue weighted by Gasteiger charge is -2.09. The fourth-order valence-corrected chi connectivity index (χ4v) is 2.02. The highest BCUT2D eigenvalue weighted by molar-refractivity contribution is 6.07. The second-order valence-corrected chi connectivity index (χ2v) is 4.83. The summed E-state index contributed by atoms with van der Waals surface area (Å²) in [4.78, 5) is 12.1. The first-order valence-corrected chi connectivity index (χ1v) is 7.19. The first-order chi connectivity index (χ1) is 11.7. The molecule has 0 amide bonds. The Morgan fingerprint density at radius 3 is 2.62 bits per heavy atom. The fourth-order valence-electron chi connectivity index (χ4n) is 2.02. The van der Waals surface area contributed by atoms with Crippen molar-refractivity contribution < 1.29 is 8.81 Å². The highest BCUT2D eigenvalue weighted by Crippen LogP contribution is 2.13. The summed E-state index contributed by atoms with van der Waals surface area (Å²) in [5, 5.41) is 11.2. The molecule has 24 heavy (non-hydrogen) atoms. The van der Waals surface area contributed by atoms with Crippen LogP contribution in [0.15, 0.2) is 65.7 Å². The van der Waals surface area contributed by atoms with Gasteiger partial charge in [0.05, 0.1) is 6.20 Å². The highest BCUT2D eigenvalue weighted by Gasteiger charge is 2.11. The lowest BCUT2D eigenvalue weighted by molar-refractivity contribution is 0.534. The lowest BCUT2D eigenvalue weighted by atomic mass is 10.2. The standard InChI is InChI=1S/C17H14FN5O/c18-13-5-2-1-4-12(13)11-23-15(17-22-8-9-24-17)10-14(19)16-20-6-3-7-21-16/h1-10,19,23H,11H2/b15-10-,19-14?. The summed E-state index contributed by atoms with van der Waals surface area (Å²) in [6.07, 6.45) is 7.54.